The Balaban J connectivity index is 4.83. The van der Waals surface area contributed by atoms with Gasteiger partial charge in [-0.2, -0.15) is 0 Å². The van der Waals surface area contributed by atoms with E-state index in [4.69, 9.17) is 4.74 Å². The lowest BCUT2D eigenvalue weighted by Crippen LogP contribution is -2.44. The Morgan fingerprint density at radius 1 is 1.25 bits per heavy atom. The van der Waals surface area contributed by atoms with Gasteiger partial charge in [-0.15, -0.1) is 0 Å². The smallest absolute Gasteiger partial charge is 0.101 e. The summed E-state index contributed by atoms with van der Waals surface area (Å²) in [6.45, 7) is 14.3. The third-order valence-electron chi connectivity index (χ3n) is 2.44. The van der Waals surface area contributed by atoms with Crippen LogP contribution in [0, 0.1) is 5.92 Å². The minimum Gasteiger partial charge on any atom is -0.386 e. The molecule has 0 saturated carbocycles. The molecule has 0 aliphatic rings. The van der Waals surface area contributed by atoms with Crippen molar-refractivity contribution in [2.24, 2.45) is 5.92 Å². The number of aliphatic hydroxyl groups excluding tert-OH is 1. The first kappa shape index (κ1) is 15.7. The van der Waals surface area contributed by atoms with Crippen LogP contribution in [-0.4, -0.2) is 22.9 Å². The molecule has 0 rings (SSSR count). The van der Waals surface area contributed by atoms with Crippen molar-refractivity contribution < 1.29 is 9.84 Å². The maximum absolute atomic E-state index is 10.2. The predicted molar refractivity (Wildman–Crippen MR) is 69.5 cm³/mol. The second-order valence-electron chi connectivity index (χ2n) is 5.77. The Hall–Kier alpha value is -0.340. The molecule has 0 aliphatic carbocycles. The zero-order valence-electron chi connectivity index (χ0n) is 11.9. The lowest BCUT2D eigenvalue weighted by Gasteiger charge is -2.36. The molecule has 0 amide bonds. The minimum absolute atomic E-state index is 0.129. The van der Waals surface area contributed by atoms with Crippen LogP contribution in [-0.2, 0) is 4.74 Å². The number of hydrogen-bond donors (Lipinski definition) is 1. The summed E-state index contributed by atoms with van der Waals surface area (Å²) >= 11 is 0. The van der Waals surface area contributed by atoms with Gasteiger partial charge in [-0.05, 0) is 47.0 Å². The third-order valence-corrected chi connectivity index (χ3v) is 2.44. The van der Waals surface area contributed by atoms with Gasteiger partial charge in [0.15, 0.2) is 0 Å². The van der Waals surface area contributed by atoms with Crippen molar-refractivity contribution in [2.45, 2.75) is 72.7 Å². The van der Waals surface area contributed by atoms with Crippen LogP contribution >= 0.6 is 0 Å². The molecule has 0 aliphatic heterocycles. The number of hydrogen-bond acceptors (Lipinski definition) is 2. The zero-order valence-corrected chi connectivity index (χ0v) is 11.9. The largest absolute Gasteiger partial charge is 0.386 e. The van der Waals surface area contributed by atoms with E-state index in [1.165, 1.54) is 0 Å². The molecule has 2 atom stereocenters. The molecule has 2 nitrogen and oxygen atoms in total. The topological polar surface area (TPSA) is 29.5 Å². The SMILES string of the molecule is CC(C)=CC(O)C(C)(CC(C)C)OC(C)C. The van der Waals surface area contributed by atoms with E-state index in [-0.39, 0.29) is 6.10 Å². The van der Waals surface area contributed by atoms with Gasteiger partial charge >= 0.3 is 0 Å². The number of rotatable bonds is 6. The van der Waals surface area contributed by atoms with Crippen LogP contribution in [0.1, 0.15) is 54.9 Å². The monoisotopic (exact) mass is 228 g/mol. The quantitative estimate of drug-likeness (QED) is 0.705. The molecule has 0 fully saturated rings. The summed E-state index contributed by atoms with van der Waals surface area (Å²) in [6.07, 6.45) is 2.33. The van der Waals surface area contributed by atoms with Gasteiger partial charge in [-0.25, -0.2) is 0 Å². The van der Waals surface area contributed by atoms with Crippen molar-refractivity contribution in [1.82, 2.24) is 0 Å². The molecule has 0 radical (unpaired) electrons. The van der Waals surface area contributed by atoms with Crippen molar-refractivity contribution in [1.29, 1.82) is 0 Å². The van der Waals surface area contributed by atoms with Gasteiger partial charge in [-0.3, -0.25) is 0 Å². The highest BCUT2D eigenvalue weighted by Gasteiger charge is 2.34. The fourth-order valence-corrected chi connectivity index (χ4v) is 2.08. The van der Waals surface area contributed by atoms with E-state index in [1.807, 2.05) is 40.7 Å². The van der Waals surface area contributed by atoms with Gasteiger partial charge in [0.05, 0.1) is 11.7 Å². The van der Waals surface area contributed by atoms with Gasteiger partial charge in [0.2, 0.25) is 0 Å². The molecule has 2 unspecified atom stereocenters. The van der Waals surface area contributed by atoms with Crippen LogP contribution in [0.5, 0.6) is 0 Å². The van der Waals surface area contributed by atoms with Gasteiger partial charge in [0.25, 0.3) is 0 Å². The molecule has 0 heterocycles. The molecular weight excluding hydrogens is 200 g/mol. The normalized spacial score (nSPS) is 17.4. The van der Waals surface area contributed by atoms with E-state index in [0.29, 0.717) is 5.92 Å². The minimum atomic E-state index is -0.540. The Morgan fingerprint density at radius 3 is 2.06 bits per heavy atom. The standard InChI is InChI=1S/C14H28O2/c1-10(2)8-13(15)14(7,9-11(3)4)16-12(5)6/h8,11-13,15H,9H2,1-7H3. The maximum atomic E-state index is 10.2. The highest BCUT2D eigenvalue weighted by Crippen LogP contribution is 2.27. The van der Waals surface area contributed by atoms with E-state index < -0.39 is 11.7 Å². The average Bonchev–Trinajstić information content (AvgIpc) is 1.98. The summed E-state index contributed by atoms with van der Waals surface area (Å²) < 4.78 is 5.92. The van der Waals surface area contributed by atoms with Crippen molar-refractivity contribution >= 4 is 0 Å². The van der Waals surface area contributed by atoms with Gasteiger partial charge < -0.3 is 9.84 Å². The van der Waals surface area contributed by atoms with E-state index in [0.717, 1.165) is 12.0 Å². The van der Waals surface area contributed by atoms with Crippen molar-refractivity contribution in [3.63, 3.8) is 0 Å². The van der Waals surface area contributed by atoms with Crippen LogP contribution in [0.15, 0.2) is 11.6 Å². The first-order valence-corrected chi connectivity index (χ1v) is 6.18. The lowest BCUT2D eigenvalue weighted by molar-refractivity contribution is -0.131. The Morgan fingerprint density at radius 2 is 1.75 bits per heavy atom. The summed E-state index contributed by atoms with van der Waals surface area (Å²) in [5, 5.41) is 10.2. The van der Waals surface area contributed by atoms with Crippen LogP contribution in [0.25, 0.3) is 0 Å². The van der Waals surface area contributed by atoms with Crippen LogP contribution in [0.4, 0.5) is 0 Å². The van der Waals surface area contributed by atoms with Crippen molar-refractivity contribution in [3.8, 4) is 0 Å². The first-order valence-electron chi connectivity index (χ1n) is 6.18. The van der Waals surface area contributed by atoms with Gasteiger partial charge in [0.1, 0.15) is 6.10 Å². The van der Waals surface area contributed by atoms with E-state index in [9.17, 15) is 5.11 Å². The summed E-state index contributed by atoms with van der Waals surface area (Å²) in [6, 6.07) is 0. The summed E-state index contributed by atoms with van der Waals surface area (Å²) in [5.74, 6) is 0.504. The second-order valence-corrected chi connectivity index (χ2v) is 5.77. The fourth-order valence-electron chi connectivity index (χ4n) is 2.08. The highest BCUT2D eigenvalue weighted by molar-refractivity contribution is 5.05. The van der Waals surface area contributed by atoms with Crippen LogP contribution in [0.2, 0.25) is 0 Å². The molecule has 1 N–H and O–H groups in total. The third kappa shape index (κ3) is 5.66. The molecule has 0 aromatic heterocycles. The Kier molecular flexibility index (Phi) is 6.27. The molecule has 0 aromatic rings. The van der Waals surface area contributed by atoms with Crippen LogP contribution in [0.3, 0.4) is 0 Å². The molecule has 0 saturated heterocycles. The van der Waals surface area contributed by atoms with E-state index in [2.05, 4.69) is 13.8 Å². The molecule has 96 valence electrons. The Labute approximate surface area is 101 Å². The summed E-state index contributed by atoms with van der Waals surface area (Å²) in [5.41, 5.74) is 0.634. The predicted octanol–water partition coefficient (Wildman–Crippen LogP) is 3.54. The zero-order chi connectivity index (χ0) is 12.9. The Bertz CT molecular complexity index is 215. The number of allylic oxidation sites excluding steroid dienone is 1. The summed E-state index contributed by atoms with van der Waals surface area (Å²) in [7, 11) is 0. The fraction of sp³-hybridized carbons (Fsp3) is 0.857. The van der Waals surface area contributed by atoms with E-state index >= 15 is 0 Å². The van der Waals surface area contributed by atoms with Crippen LogP contribution < -0.4 is 0 Å². The van der Waals surface area contributed by atoms with Gasteiger partial charge in [0, 0.05) is 0 Å². The number of ether oxygens (including phenoxy) is 1. The van der Waals surface area contributed by atoms with Gasteiger partial charge in [-0.1, -0.05) is 25.5 Å². The summed E-state index contributed by atoms with van der Waals surface area (Å²) in [4.78, 5) is 0. The van der Waals surface area contributed by atoms with E-state index in [1.54, 1.807) is 0 Å². The maximum Gasteiger partial charge on any atom is 0.101 e. The molecule has 0 aromatic carbocycles. The molecule has 0 bridgehead atoms. The molecule has 2 heteroatoms. The molecule has 0 spiro atoms. The molecule has 16 heavy (non-hydrogen) atoms. The second kappa shape index (κ2) is 6.41. The molecular formula is C14H28O2. The highest BCUT2D eigenvalue weighted by atomic mass is 16.5. The average molecular weight is 228 g/mol. The van der Waals surface area contributed by atoms with Crippen molar-refractivity contribution in [3.05, 3.63) is 11.6 Å². The lowest BCUT2D eigenvalue weighted by atomic mass is 9.87. The first-order chi connectivity index (χ1) is 7.17. The van der Waals surface area contributed by atoms with Crippen molar-refractivity contribution in [2.75, 3.05) is 0 Å². The number of aliphatic hydroxyl groups is 1.